The summed E-state index contributed by atoms with van der Waals surface area (Å²) in [5, 5.41) is 0. The third-order valence-corrected chi connectivity index (χ3v) is 5.20. The molecule has 1 aromatic rings. The molecule has 0 atom stereocenters. The summed E-state index contributed by atoms with van der Waals surface area (Å²) in [6.07, 6.45) is 23.4. The third kappa shape index (κ3) is 27.7. The normalized spacial score (nSPS) is 10.3. The van der Waals surface area contributed by atoms with Gasteiger partial charge in [-0.05, 0) is 12.8 Å². The second-order valence-corrected chi connectivity index (χ2v) is 8.42. The molecule has 28 heavy (non-hydrogen) atoms. The summed E-state index contributed by atoms with van der Waals surface area (Å²) < 4.78 is 0. The van der Waals surface area contributed by atoms with Gasteiger partial charge in [0.15, 0.2) is 0 Å². The molecular weight excluding hydrogens is 362 g/mol. The molecule has 166 valence electrons. The van der Waals surface area contributed by atoms with Crippen LogP contribution in [0.3, 0.4) is 0 Å². The molecule has 0 aliphatic carbocycles. The van der Waals surface area contributed by atoms with Gasteiger partial charge in [0.25, 0.3) is 0 Å². The highest BCUT2D eigenvalue weighted by Gasteiger charge is 1.96. The van der Waals surface area contributed by atoms with Crippen LogP contribution in [0.2, 0.25) is 0 Å². The van der Waals surface area contributed by atoms with Gasteiger partial charge in [-0.15, -0.1) is 0 Å². The molecule has 1 N–H and O–H groups in total. The summed E-state index contributed by atoms with van der Waals surface area (Å²) in [6, 6.07) is 12.0. The largest absolute Gasteiger partial charge is 1.00 e. The van der Waals surface area contributed by atoms with Crippen LogP contribution in [-0.4, -0.2) is 20.6 Å². The van der Waals surface area contributed by atoms with Crippen molar-refractivity contribution in [1.29, 1.82) is 0 Å². The van der Waals surface area contributed by atoms with Gasteiger partial charge in [-0.25, -0.2) is 0 Å². The number of halogens is 1. The van der Waals surface area contributed by atoms with Crippen molar-refractivity contribution in [3.8, 4) is 0 Å². The van der Waals surface area contributed by atoms with Gasteiger partial charge >= 0.3 is 0 Å². The fourth-order valence-electron chi connectivity index (χ4n) is 3.41. The van der Waals surface area contributed by atoms with Crippen LogP contribution in [0.25, 0.3) is 0 Å². The fraction of sp³-hybridized carbons (Fsp3) is 0.769. The molecular formula is C26H50ClN. The highest BCUT2D eigenvalue weighted by atomic mass is 35.5. The smallest absolute Gasteiger partial charge is 0.0766 e. The van der Waals surface area contributed by atoms with Gasteiger partial charge < -0.3 is 17.3 Å². The molecule has 0 aromatic heterocycles. The average molecular weight is 412 g/mol. The Balaban J connectivity index is 0. The standard InChI is InChI=1S/C20H43N.C6H6.ClH/c1-4-5-6-7-8-9-10-11-12-13-14-15-16-17-18-19-20-21(2)3;1-2-4-6-5-3-1;/h4-20H2,1-3H3;1-6H;1H. The monoisotopic (exact) mass is 411 g/mol. The van der Waals surface area contributed by atoms with Crippen LogP contribution in [0, 0.1) is 0 Å². The molecule has 1 nitrogen and oxygen atoms in total. The number of hydrogen-bond donors (Lipinski definition) is 1. The van der Waals surface area contributed by atoms with Crippen LogP contribution in [0.1, 0.15) is 110 Å². The molecule has 0 heterocycles. The lowest BCUT2D eigenvalue weighted by Crippen LogP contribution is -3.05. The van der Waals surface area contributed by atoms with Crippen LogP contribution in [0.5, 0.6) is 0 Å². The van der Waals surface area contributed by atoms with E-state index in [2.05, 4.69) is 21.0 Å². The first-order valence-corrected chi connectivity index (χ1v) is 12.1. The summed E-state index contributed by atoms with van der Waals surface area (Å²) in [7, 11) is 4.51. The van der Waals surface area contributed by atoms with Gasteiger partial charge in [0, 0.05) is 0 Å². The zero-order chi connectivity index (χ0) is 19.8. The van der Waals surface area contributed by atoms with Gasteiger partial charge in [0.1, 0.15) is 0 Å². The summed E-state index contributed by atoms with van der Waals surface area (Å²) in [5.74, 6) is 0. The molecule has 0 aliphatic rings. The van der Waals surface area contributed by atoms with E-state index in [1.165, 1.54) is 109 Å². The van der Waals surface area contributed by atoms with E-state index in [-0.39, 0.29) is 12.4 Å². The van der Waals surface area contributed by atoms with E-state index in [4.69, 9.17) is 0 Å². The van der Waals surface area contributed by atoms with Gasteiger partial charge in [0.05, 0.1) is 20.6 Å². The topological polar surface area (TPSA) is 4.44 Å². The van der Waals surface area contributed by atoms with Crippen molar-refractivity contribution in [3.05, 3.63) is 36.4 Å². The zero-order valence-electron chi connectivity index (χ0n) is 19.4. The Morgan fingerprint density at radius 3 is 0.929 bits per heavy atom. The van der Waals surface area contributed by atoms with Gasteiger partial charge in [-0.2, -0.15) is 0 Å². The van der Waals surface area contributed by atoms with Crippen molar-refractivity contribution in [3.63, 3.8) is 0 Å². The predicted octanol–water partition coefficient (Wildman–Crippen LogP) is 4.08. The molecule has 0 bridgehead atoms. The Morgan fingerprint density at radius 2 is 0.679 bits per heavy atom. The minimum atomic E-state index is 0. The Labute approximate surface area is 184 Å². The van der Waals surface area contributed by atoms with Crippen LogP contribution >= 0.6 is 0 Å². The van der Waals surface area contributed by atoms with E-state index in [0.29, 0.717) is 0 Å². The van der Waals surface area contributed by atoms with Crippen molar-refractivity contribution in [2.45, 2.75) is 110 Å². The van der Waals surface area contributed by atoms with Crippen molar-refractivity contribution in [1.82, 2.24) is 0 Å². The van der Waals surface area contributed by atoms with Crippen molar-refractivity contribution < 1.29 is 17.3 Å². The van der Waals surface area contributed by atoms with Gasteiger partial charge in [0.2, 0.25) is 0 Å². The quantitative estimate of drug-likeness (QED) is 0.368. The lowest BCUT2D eigenvalue weighted by molar-refractivity contribution is -0.858. The third-order valence-electron chi connectivity index (χ3n) is 5.20. The number of rotatable bonds is 17. The van der Waals surface area contributed by atoms with Crippen LogP contribution in [0.4, 0.5) is 0 Å². The maximum Gasteiger partial charge on any atom is 0.0766 e. The number of quaternary nitrogens is 1. The fourth-order valence-corrected chi connectivity index (χ4v) is 3.41. The SMILES string of the molecule is CCCCCCCCCCCCCCCCCC[NH+](C)C.[Cl-].c1ccccc1. The van der Waals surface area contributed by atoms with E-state index in [1.807, 2.05) is 36.4 Å². The van der Waals surface area contributed by atoms with Crippen LogP contribution < -0.4 is 17.3 Å². The Kier molecular flexibility index (Phi) is 28.0. The number of nitrogens with one attached hydrogen (secondary N) is 1. The van der Waals surface area contributed by atoms with E-state index >= 15 is 0 Å². The summed E-state index contributed by atoms with van der Waals surface area (Å²) in [5.41, 5.74) is 0. The molecule has 0 aliphatic heterocycles. The summed E-state index contributed by atoms with van der Waals surface area (Å²) >= 11 is 0. The van der Waals surface area contributed by atoms with Crippen LogP contribution in [0.15, 0.2) is 36.4 Å². The number of benzene rings is 1. The van der Waals surface area contributed by atoms with E-state index in [0.717, 1.165) is 0 Å². The average Bonchev–Trinajstić information content (AvgIpc) is 2.69. The Morgan fingerprint density at radius 1 is 0.429 bits per heavy atom. The summed E-state index contributed by atoms with van der Waals surface area (Å²) in [4.78, 5) is 1.60. The van der Waals surface area contributed by atoms with E-state index < -0.39 is 0 Å². The number of hydrogen-bond acceptors (Lipinski definition) is 0. The molecule has 2 heteroatoms. The highest BCUT2D eigenvalue weighted by Crippen LogP contribution is 2.13. The Hall–Kier alpha value is -0.530. The molecule has 0 spiro atoms. The Bertz CT molecular complexity index is 326. The second kappa shape index (κ2) is 26.5. The van der Waals surface area contributed by atoms with Crippen LogP contribution in [-0.2, 0) is 0 Å². The number of unbranched alkanes of at least 4 members (excludes halogenated alkanes) is 15. The van der Waals surface area contributed by atoms with Gasteiger partial charge in [-0.1, -0.05) is 133 Å². The first-order chi connectivity index (χ1) is 13.3. The van der Waals surface area contributed by atoms with Gasteiger partial charge in [-0.3, -0.25) is 0 Å². The molecule has 0 amide bonds. The molecule has 0 unspecified atom stereocenters. The lowest BCUT2D eigenvalue weighted by Gasteiger charge is -2.06. The molecule has 0 saturated carbocycles. The predicted molar refractivity (Wildman–Crippen MR) is 124 cm³/mol. The summed E-state index contributed by atoms with van der Waals surface area (Å²) in [6.45, 7) is 3.64. The highest BCUT2D eigenvalue weighted by molar-refractivity contribution is 4.99. The van der Waals surface area contributed by atoms with Crippen molar-refractivity contribution in [2.24, 2.45) is 0 Å². The minimum Gasteiger partial charge on any atom is -1.00 e. The molecule has 0 radical (unpaired) electrons. The zero-order valence-corrected chi connectivity index (χ0v) is 20.1. The first-order valence-electron chi connectivity index (χ1n) is 12.1. The maximum atomic E-state index is 2.30. The molecule has 0 fully saturated rings. The molecule has 0 saturated heterocycles. The van der Waals surface area contributed by atoms with E-state index in [1.54, 1.807) is 4.90 Å². The van der Waals surface area contributed by atoms with Crippen molar-refractivity contribution >= 4 is 0 Å². The minimum absolute atomic E-state index is 0. The maximum absolute atomic E-state index is 2.30. The lowest BCUT2D eigenvalue weighted by atomic mass is 10.0. The first kappa shape index (κ1) is 29.7. The molecule has 1 aromatic carbocycles. The second-order valence-electron chi connectivity index (χ2n) is 8.42. The van der Waals surface area contributed by atoms with Crippen molar-refractivity contribution in [2.75, 3.05) is 20.6 Å². The molecule has 1 rings (SSSR count). The van der Waals surface area contributed by atoms with E-state index in [9.17, 15) is 0 Å².